The minimum Gasteiger partial charge on any atom is -0.207 e. The summed E-state index contributed by atoms with van der Waals surface area (Å²) in [6, 6.07) is 7.62. The van der Waals surface area contributed by atoms with Crippen molar-refractivity contribution in [3.8, 4) is 17.2 Å². The van der Waals surface area contributed by atoms with Gasteiger partial charge in [0.05, 0.1) is 5.56 Å². The zero-order valence-electron chi connectivity index (χ0n) is 10.6. The van der Waals surface area contributed by atoms with Gasteiger partial charge in [-0.1, -0.05) is 13.0 Å². The first-order valence-electron chi connectivity index (χ1n) is 6.04. The molecule has 0 heterocycles. The van der Waals surface area contributed by atoms with E-state index in [-0.39, 0.29) is 16.7 Å². The van der Waals surface area contributed by atoms with E-state index in [1.165, 1.54) is 18.2 Å². The number of nitriles is 1. The third-order valence-electron chi connectivity index (χ3n) is 2.98. The Morgan fingerprint density at radius 2 is 1.75 bits per heavy atom. The van der Waals surface area contributed by atoms with Crippen LogP contribution in [0.1, 0.15) is 17.5 Å². The number of aryl methyl sites for hydroxylation is 1. The molecule has 2 aromatic carbocycles. The second-order valence-electron chi connectivity index (χ2n) is 4.33. The fourth-order valence-corrected chi connectivity index (χ4v) is 1.97. The highest BCUT2D eigenvalue weighted by atomic mass is 19.1. The Bertz CT molecular complexity index is 687. The van der Waals surface area contributed by atoms with Gasteiger partial charge in [-0.15, -0.1) is 0 Å². The molecule has 0 aliphatic heterocycles. The van der Waals surface area contributed by atoms with Crippen molar-refractivity contribution in [3.63, 3.8) is 0 Å². The van der Waals surface area contributed by atoms with Crippen molar-refractivity contribution in [3.05, 3.63) is 65.8 Å². The molecule has 0 aliphatic rings. The number of benzene rings is 2. The third-order valence-corrected chi connectivity index (χ3v) is 2.98. The lowest BCUT2D eigenvalue weighted by molar-refractivity contribution is 0.573. The first-order chi connectivity index (χ1) is 9.56. The molecule has 0 fully saturated rings. The maximum absolute atomic E-state index is 13.8. The second kappa shape index (κ2) is 5.79. The molecule has 0 amide bonds. The largest absolute Gasteiger partial charge is 0.207 e. The fraction of sp³-hybridized carbons (Fsp3) is 0.125. The molecular formula is C16H11F3N. The first-order valence-corrected chi connectivity index (χ1v) is 6.04. The summed E-state index contributed by atoms with van der Waals surface area (Å²) in [5, 5.41) is 8.66. The summed E-state index contributed by atoms with van der Waals surface area (Å²) in [4.78, 5) is 0. The molecule has 2 rings (SSSR count). The zero-order chi connectivity index (χ0) is 14.7. The Hall–Kier alpha value is -2.28. The molecule has 0 bridgehead atoms. The average molecular weight is 274 g/mol. The molecule has 0 aromatic heterocycles. The lowest BCUT2D eigenvalue weighted by atomic mass is 9.99. The van der Waals surface area contributed by atoms with E-state index in [0.717, 1.165) is 12.1 Å². The molecule has 0 unspecified atom stereocenters. The van der Waals surface area contributed by atoms with Crippen LogP contribution < -0.4 is 0 Å². The summed E-state index contributed by atoms with van der Waals surface area (Å²) < 4.78 is 40.9. The van der Waals surface area contributed by atoms with Gasteiger partial charge in [-0.05, 0) is 42.2 Å². The molecule has 101 valence electrons. The van der Waals surface area contributed by atoms with Crippen LogP contribution in [0.5, 0.6) is 0 Å². The van der Waals surface area contributed by atoms with Crippen molar-refractivity contribution in [2.45, 2.75) is 12.8 Å². The Morgan fingerprint density at radius 3 is 2.35 bits per heavy atom. The zero-order valence-corrected chi connectivity index (χ0v) is 10.6. The van der Waals surface area contributed by atoms with Crippen molar-refractivity contribution >= 4 is 0 Å². The van der Waals surface area contributed by atoms with Gasteiger partial charge in [0.15, 0.2) is 0 Å². The molecule has 2 aromatic rings. The molecular weight excluding hydrogens is 263 g/mol. The Labute approximate surface area is 115 Å². The van der Waals surface area contributed by atoms with E-state index in [1.807, 2.05) is 0 Å². The quantitative estimate of drug-likeness (QED) is 0.813. The highest BCUT2D eigenvalue weighted by molar-refractivity contribution is 5.66. The van der Waals surface area contributed by atoms with Crippen LogP contribution in [0, 0.1) is 35.7 Å². The van der Waals surface area contributed by atoms with Crippen molar-refractivity contribution < 1.29 is 13.2 Å². The van der Waals surface area contributed by atoms with Gasteiger partial charge in [-0.2, -0.15) is 5.26 Å². The number of nitrogens with zero attached hydrogens (tertiary/aromatic N) is 1. The molecule has 0 N–H and O–H groups in total. The lowest BCUT2D eigenvalue weighted by Gasteiger charge is -2.08. The van der Waals surface area contributed by atoms with Crippen LogP contribution in [0.15, 0.2) is 30.3 Å². The van der Waals surface area contributed by atoms with Gasteiger partial charge in [0.25, 0.3) is 0 Å². The molecule has 0 spiro atoms. The predicted molar refractivity (Wildman–Crippen MR) is 70.1 cm³/mol. The molecule has 0 atom stereocenters. The molecule has 1 nitrogen and oxygen atoms in total. The molecule has 4 heteroatoms. The molecule has 0 saturated heterocycles. The summed E-state index contributed by atoms with van der Waals surface area (Å²) in [7, 11) is 0. The number of hydrogen-bond donors (Lipinski definition) is 0. The molecule has 0 saturated carbocycles. The van der Waals surface area contributed by atoms with E-state index < -0.39 is 17.5 Å². The van der Waals surface area contributed by atoms with Crippen LogP contribution in [0.2, 0.25) is 0 Å². The SMILES string of the molecule is [CH2]CCc1cc(-c2ccc(C#N)c(F)c2)c(F)cc1F. The van der Waals surface area contributed by atoms with Crippen LogP contribution >= 0.6 is 0 Å². The minimum atomic E-state index is -0.764. The normalized spacial score (nSPS) is 10.3. The molecule has 0 aliphatic carbocycles. The standard InChI is InChI=1S/C16H11F3N/c1-2-3-11-6-13(16(19)8-15(11)18)10-4-5-12(9-20)14(17)7-10/h4-8H,1-3H2. The summed E-state index contributed by atoms with van der Waals surface area (Å²) >= 11 is 0. The van der Waals surface area contributed by atoms with Gasteiger partial charge < -0.3 is 0 Å². The summed E-state index contributed by atoms with van der Waals surface area (Å²) in [5.41, 5.74) is 0.595. The van der Waals surface area contributed by atoms with Crippen LogP contribution in [-0.2, 0) is 6.42 Å². The van der Waals surface area contributed by atoms with E-state index in [2.05, 4.69) is 6.92 Å². The monoisotopic (exact) mass is 274 g/mol. The van der Waals surface area contributed by atoms with Gasteiger partial charge >= 0.3 is 0 Å². The van der Waals surface area contributed by atoms with Gasteiger partial charge in [-0.3, -0.25) is 0 Å². The summed E-state index contributed by atoms with van der Waals surface area (Å²) in [5.74, 6) is -2.13. The summed E-state index contributed by atoms with van der Waals surface area (Å²) in [6.45, 7) is 3.63. The van der Waals surface area contributed by atoms with Gasteiger partial charge in [0.2, 0.25) is 0 Å². The maximum atomic E-state index is 13.8. The average Bonchev–Trinajstić information content (AvgIpc) is 2.42. The Balaban J connectivity index is 2.55. The highest BCUT2D eigenvalue weighted by Gasteiger charge is 2.13. The van der Waals surface area contributed by atoms with Crippen LogP contribution in [-0.4, -0.2) is 0 Å². The van der Waals surface area contributed by atoms with E-state index in [4.69, 9.17) is 5.26 Å². The fourth-order valence-electron chi connectivity index (χ4n) is 1.97. The van der Waals surface area contributed by atoms with Crippen LogP contribution in [0.4, 0.5) is 13.2 Å². The third kappa shape index (κ3) is 2.67. The van der Waals surface area contributed by atoms with Crippen LogP contribution in [0.25, 0.3) is 11.1 Å². The lowest BCUT2D eigenvalue weighted by Crippen LogP contribution is -1.95. The first kappa shape index (κ1) is 14.1. The molecule has 20 heavy (non-hydrogen) atoms. The smallest absolute Gasteiger partial charge is 0.141 e. The molecule has 1 radical (unpaired) electrons. The van der Waals surface area contributed by atoms with Crippen molar-refractivity contribution in [2.24, 2.45) is 0 Å². The number of rotatable bonds is 3. The van der Waals surface area contributed by atoms with Crippen molar-refractivity contribution in [1.82, 2.24) is 0 Å². The predicted octanol–water partition coefficient (Wildman–Crippen LogP) is 4.41. The number of halogens is 3. The van der Waals surface area contributed by atoms with Crippen LogP contribution in [0.3, 0.4) is 0 Å². The van der Waals surface area contributed by atoms with Gasteiger partial charge in [0.1, 0.15) is 23.5 Å². The van der Waals surface area contributed by atoms with Gasteiger partial charge in [-0.25, -0.2) is 13.2 Å². The van der Waals surface area contributed by atoms with Gasteiger partial charge in [0, 0.05) is 11.6 Å². The van der Waals surface area contributed by atoms with E-state index in [1.54, 1.807) is 6.07 Å². The minimum absolute atomic E-state index is 0.109. The topological polar surface area (TPSA) is 23.8 Å². The van der Waals surface area contributed by atoms with E-state index >= 15 is 0 Å². The Morgan fingerprint density at radius 1 is 1.00 bits per heavy atom. The highest BCUT2D eigenvalue weighted by Crippen LogP contribution is 2.27. The van der Waals surface area contributed by atoms with Crippen molar-refractivity contribution in [2.75, 3.05) is 0 Å². The van der Waals surface area contributed by atoms with E-state index in [9.17, 15) is 13.2 Å². The second-order valence-corrected chi connectivity index (χ2v) is 4.33. The van der Waals surface area contributed by atoms with E-state index in [0.29, 0.717) is 18.4 Å². The number of hydrogen-bond acceptors (Lipinski definition) is 1. The van der Waals surface area contributed by atoms with Crippen molar-refractivity contribution in [1.29, 1.82) is 5.26 Å². The Kier molecular flexibility index (Phi) is 4.09. The maximum Gasteiger partial charge on any atom is 0.141 e. The summed E-state index contributed by atoms with van der Waals surface area (Å²) in [6.07, 6.45) is 0.849.